The van der Waals surface area contributed by atoms with Crippen LogP contribution in [0.4, 0.5) is 4.79 Å². The minimum atomic E-state index is -0.181. The van der Waals surface area contributed by atoms with Crippen LogP contribution in [-0.4, -0.2) is 54.0 Å². The molecule has 0 radical (unpaired) electrons. The highest BCUT2D eigenvalue weighted by Gasteiger charge is 2.33. The molecule has 3 rings (SSSR count). The molecule has 1 N–H and O–H groups in total. The highest BCUT2D eigenvalue weighted by molar-refractivity contribution is 7.10. The maximum Gasteiger partial charge on any atom is 0.318 e. The van der Waals surface area contributed by atoms with E-state index in [9.17, 15) is 9.59 Å². The Hall–Kier alpha value is -2.54. The van der Waals surface area contributed by atoms with Gasteiger partial charge in [0.2, 0.25) is 5.91 Å². The molecule has 192 valence electrons. The average Bonchev–Trinajstić information content (AvgIpc) is 3.30. The number of urea groups is 1. The van der Waals surface area contributed by atoms with Crippen molar-refractivity contribution in [3.8, 4) is 5.75 Å². The number of nitrogens with one attached hydrogen (secondary N) is 1. The summed E-state index contributed by atoms with van der Waals surface area (Å²) in [6.07, 6.45) is 1.79. The summed E-state index contributed by atoms with van der Waals surface area (Å²) in [6, 6.07) is 9.98. The highest BCUT2D eigenvalue weighted by Crippen LogP contribution is 2.34. The van der Waals surface area contributed by atoms with Gasteiger partial charge >= 0.3 is 6.03 Å². The lowest BCUT2D eigenvalue weighted by Gasteiger charge is -2.37. The highest BCUT2D eigenvalue weighted by atomic mass is 32.1. The Kier molecular flexibility index (Phi) is 9.61. The topological polar surface area (TPSA) is 61.9 Å². The molecule has 0 saturated carbocycles. The Morgan fingerprint density at radius 2 is 1.86 bits per heavy atom. The van der Waals surface area contributed by atoms with Crippen molar-refractivity contribution in [2.24, 2.45) is 5.92 Å². The Labute approximate surface area is 214 Å². The van der Waals surface area contributed by atoms with Gasteiger partial charge in [-0.3, -0.25) is 4.79 Å². The summed E-state index contributed by atoms with van der Waals surface area (Å²) in [5.74, 6) is 1.56. The van der Waals surface area contributed by atoms with E-state index in [0.29, 0.717) is 31.5 Å². The third-order valence-electron chi connectivity index (χ3n) is 6.62. The first-order valence-electron chi connectivity index (χ1n) is 12.8. The van der Waals surface area contributed by atoms with Crippen LogP contribution in [0, 0.1) is 5.92 Å². The zero-order chi connectivity index (χ0) is 25.5. The number of thiophene rings is 1. The number of hydrogen-bond donors (Lipinski definition) is 1. The zero-order valence-corrected chi connectivity index (χ0v) is 22.9. The van der Waals surface area contributed by atoms with E-state index in [-0.39, 0.29) is 30.6 Å². The Morgan fingerprint density at radius 1 is 1.14 bits per heavy atom. The number of benzene rings is 1. The lowest BCUT2D eigenvalue weighted by Crippen LogP contribution is -2.51. The van der Waals surface area contributed by atoms with Crippen LogP contribution < -0.4 is 10.1 Å². The molecule has 0 bridgehead atoms. The first-order valence-corrected chi connectivity index (χ1v) is 13.7. The Balaban J connectivity index is 1.75. The van der Waals surface area contributed by atoms with Gasteiger partial charge in [0.15, 0.2) is 0 Å². The average molecular weight is 500 g/mol. The fourth-order valence-electron chi connectivity index (χ4n) is 4.32. The molecule has 0 fully saturated rings. The molecule has 7 heteroatoms. The summed E-state index contributed by atoms with van der Waals surface area (Å²) >= 11 is 1.74. The number of amides is 3. The molecule has 0 spiro atoms. The molecule has 2 unspecified atom stereocenters. The van der Waals surface area contributed by atoms with E-state index >= 15 is 0 Å². The van der Waals surface area contributed by atoms with Gasteiger partial charge in [0.25, 0.3) is 0 Å². The number of carbonyl (C=O) groups is 2. The first-order chi connectivity index (χ1) is 16.7. The number of rotatable bonds is 10. The van der Waals surface area contributed by atoms with Crippen molar-refractivity contribution in [2.75, 3.05) is 26.2 Å². The van der Waals surface area contributed by atoms with Gasteiger partial charge in [-0.1, -0.05) is 46.2 Å². The third-order valence-corrected chi connectivity index (χ3v) is 7.62. The zero-order valence-electron chi connectivity index (χ0n) is 22.0. The van der Waals surface area contributed by atoms with E-state index in [4.69, 9.17) is 4.74 Å². The van der Waals surface area contributed by atoms with E-state index in [1.807, 2.05) is 30.9 Å². The van der Waals surface area contributed by atoms with Crippen LogP contribution in [0.5, 0.6) is 5.75 Å². The van der Waals surface area contributed by atoms with Crippen LogP contribution in [0.15, 0.2) is 35.7 Å². The van der Waals surface area contributed by atoms with E-state index in [1.165, 1.54) is 10.4 Å². The normalized spacial score (nSPS) is 16.2. The largest absolute Gasteiger partial charge is 0.491 e. The first kappa shape index (κ1) is 27.1. The van der Waals surface area contributed by atoms with Gasteiger partial charge in [-0.25, -0.2) is 4.79 Å². The molecule has 2 aromatic rings. The van der Waals surface area contributed by atoms with Crippen molar-refractivity contribution in [1.82, 2.24) is 15.1 Å². The second-order valence-electron chi connectivity index (χ2n) is 10.2. The van der Waals surface area contributed by atoms with Crippen LogP contribution >= 0.6 is 11.3 Å². The van der Waals surface area contributed by atoms with E-state index in [1.54, 1.807) is 16.2 Å². The molecule has 0 aliphatic carbocycles. The number of carbonyl (C=O) groups excluding carboxylic acids is 2. The Bertz CT molecular complexity index is 970. The third kappa shape index (κ3) is 7.23. The van der Waals surface area contributed by atoms with Gasteiger partial charge in [-0.15, -0.1) is 11.3 Å². The van der Waals surface area contributed by atoms with Gasteiger partial charge in [0.05, 0.1) is 6.04 Å². The predicted octanol–water partition coefficient (Wildman–Crippen LogP) is 5.84. The maximum absolute atomic E-state index is 13.6. The summed E-state index contributed by atoms with van der Waals surface area (Å²) in [6.45, 7) is 14.1. The van der Waals surface area contributed by atoms with E-state index < -0.39 is 0 Å². The summed E-state index contributed by atoms with van der Waals surface area (Å²) in [5.41, 5.74) is 2.43. The van der Waals surface area contributed by atoms with Crippen molar-refractivity contribution in [3.05, 3.63) is 51.7 Å². The van der Waals surface area contributed by atoms with Crippen LogP contribution in [0.2, 0.25) is 0 Å². The molecule has 3 amide bonds. The van der Waals surface area contributed by atoms with Gasteiger partial charge in [0.1, 0.15) is 18.9 Å². The van der Waals surface area contributed by atoms with Gasteiger partial charge in [-0.2, -0.15) is 0 Å². The molecule has 35 heavy (non-hydrogen) atoms. The lowest BCUT2D eigenvalue weighted by molar-refractivity contribution is -0.135. The fraction of sp³-hybridized carbons (Fsp3) is 0.571. The second-order valence-corrected chi connectivity index (χ2v) is 11.2. The molecule has 2 heterocycles. The molecule has 1 aliphatic rings. The van der Waals surface area contributed by atoms with E-state index in [0.717, 1.165) is 24.2 Å². The fourth-order valence-corrected chi connectivity index (χ4v) is 5.24. The molecular formula is C28H41N3O3S. The van der Waals surface area contributed by atoms with Gasteiger partial charge < -0.3 is 19.9 Å². The molecule has 6 nitrogen and oxygen atoms in total. The van der Waals surface area contributed by atoms with Crippen molar-refractivity contribution < 1.29 is 14.3 Å². The van der Waals surface area contributed by atoms with Crippen molar-refractivity contribution in [2.45, 2.75) is 72.4 Å². The molecule has 1 aliphatic heterocycles. The molecule has 2 atom stereocenters. The summed E-state index contributed by atoms with van der Waals surface area (Å²) in [4.78, 5) is 31.4. The summed E-state index contributed by atoms with van der Waals surface area (Å²) < 4.78 is 6.19. The molecule has 1 aromatic heterocycles. The summed E-state index contributed by atoms with van der Waals surface area (Å²) in [7, 11) is 0. The molecular weight excluding hydrogens is 458 g/mol. The lowest BCUT2D eigenvalue weighted by atomic mass is 10.00. The number of ether oxygens (including phenoxy) is 1. The van der Waals surface area contributed by atoms with Crippen molar-refractivity contribution in [1.29, 1.82) is 0 Å². The quantitative estimate of drug-likeness (QED) is 0.447. The number of nitrogens with zero attached hydrogens (tertiary/aromatic N) is 2. The van der Waals surface area contributed by atoms with Crippen LogP contribution in [-0.2, 0) is 11.2 Å². The minimum Gasteiger partial charge on any atom is -0.491 e. The van der Waals surface area contributed by atoms with E-state index in [2.05, 4.69) is 56.6 Å². The molecule has 0 saturated heterocycles. The number of fused-ring (bicyclic) bond motifs is 1. The number of hydrogen-bond acceptors (Lipinski definition) is 4. The predicted molar refractivity (Wildman–Crippen MR) is 143 cm³/mol. The Morgan fingerprint density at radius 3 is 2.49 bits per heavy atom. The minimum absolute atomic E-state index is 0.0172. The SMILES string of the molecule is CCC(C)CN(CC(=O)N1CCc2sccc2C1COc1ccc(C(C)C)cc1)C(=O)NC(C)C. The van der Waals surface area contributed by atoms with Gasteiger partial charge in [0, 0.05) is 24.0 Å². The van der Waals surface area contributed by atoms with Crippen LogP contribution in [0.3, 0.4) is 0 Å². The summed E-state index contributed by atoms with van der Waals surface area (Å²) in [5, 5.41) is 5.05. The standard InChI is InChI=1S/C28H41N3O3S/c1-7-21(6)16-30(28(33)29-20(4)5)17-27(32)31-14-12-26-24(13-15-35-26)25(31)18-34-23-10-8-22(9-11-23)19(2)3/h8-11,13,15,19-21,25H,7,12,14,16-18H2,1-6H3,(H,29,33). The smallest absolute Gasteiger partial charge is 0.318 e. The van der Waals surface area contributed by atoms with Crippen LogP contribution in [0.1, 0.15) is 75.9 Å². The molecule has 1 aromatic carbocycles. The second kappa shape index (κ2) is 12.4. The van der Waals surface area contributed by atoms with Gasteiger partial charge in [-0.05, 0) is 66.8 Å². The van der Waals surface area contributed by atoms with Crippen molar-refractivity contribution in [3.63, 3.8) is 0 Å². The maximum atomic E-state index is 13.6. The van der Waals surface area contributed by atoms with Crippen molar-refractivity contribution >= 4 is 23.3 Å². The van der Waals surface area contributed by atoms with Crippen LogP contribution in [0.25, 0.3) is 0 Å². The monoisotopic (exact) mass is 499 g/mol.